The molecule has 0 N–H and O–H groups in total. The van der Waals surface area contributed by atoms with Crippen LogP contribution in [0.1, 0.15) is 29.2 Å². The van der Waals surface area contributed by atoms with Crippen molar-refractivity contribution in [3.8, 4) is 11.4 Å². The highest BCUT2D eigenvalue weighted by molar-refractivity contribution is 5.94. The number of piperazine rings is 1. The van der Waals surface area contributed by atoms with E-state index in [0.717, 1.165) is 27.9 Å². The summed E-state index contributed by atoms with van der Waals surface area (Å²) in [5, 5.41) is 14.7. The maximum Gasteiger partial charge on any atom is 0.289 e. The molecule has 7 rings (SSSR count). The van der Waals surface area contributed by atoms with Crippen molar-refractivity contribution in [1.29, 1.82) is 0 Å². The van der Waals surface area contributed by atoms with Crippen molar-refractivity contribution >= 4 is 34.1 Å². The van der Waals surface area contributed by atoms with Crippen molar-refractivity contribution in [2.75, 3.05) is 26.2 Å². The molecular formula is C29H26N8O3. The predicted molar refractivity (Wildman–Crippen MR) is 147 cm³/mol. The number of amides is 2. The van der Waals surface area contributed by atoms with Crippen molar-refractivity contribution < 1.29 is 14.0 Å². The molecule has 6 aromatic rings. The van der Waals surface area contributed by atoms with Crippen molar-refractivity contribution in [3.63, 3.8) is 0 Å². The Hall–Kier alpha value is -5.06. The molecule has 11 nitrogen and oxygen atoms in total. The highest BCUT2D eigenvalue weighted by Crippen LogP contribution is 2.25. The van der Waals surface area contributed by atoms with Crippen molar-refractivity contribution in [1.82, 2.24) is 39.0 Å². The van der Waals surface area contributed by atoms with Gasteiger partial charge in [0.25, 0.3) is 11.7 Å². The molecule has 1 aliphatic rings. The van der Waals surface area contributed by atoms with Gasteiger partial charge in [-0.15, -0.1) is 15.3 Å². The van der Waals surface area contributed by atoms with Gasteiger partial charge in [-0.05, 0) is 30.7 Å². The minimum absolute atomic E-state index is 0.0787. The number of aromatic nitrogens is 6. The molecular weight excluding hydrogens is 508 g/mol. The molecule has 0 saturated carbocycles. The maximum absolute atomic E-state index is 13.0. The van der Waals surface area contributed by atoms with Crippen LogP contribution in [0.2, 0.25) is 0 Å². The zero-order valence-corrected chi connectivity index (χ0v) is 21.7. The van der Waals surface area contributed by atoms with Gasteiger partial charge < -0.3 is 14.2 Å². The van der Waals surface area contributed by atoms with Crippen LogP contribution < -0.4 is 0 Å². The van der Waals surface area contributed by atoms with Gasteiger partial charge >= 0.3 is 0 Å². The molecule has 1 saturated heterocycles. The summed E-state index contributed by atoms with van der Waals surface area (Å²) >= 11 is 0. The fraction of sp³-hybridized carbons (Fsp3) is 0.241. The van der Waals surface area contributed by atoms with Crippen LogP contribution in [0.3, 0.4) is 0 Å². The van der Waals surface area contributed by atoms with E-state index < -0.39 is 0 Å². The number of benzene rings is 2. The third kappa shape index (κ3) is 4.15. The molecule has 0 spiro atoms. The first-order valence-electron chi connectivity index (χ1n) is 13.3. The van der Waals surface area contributed by atoms with Crippen LogP contribution in [-0.4, -0.2) is 77.0 Å². The highest BCUT2D eigenvalue weighted by atomic mass is 16.3. The van der Waals surface area contributed by atoms with E-state index in [4.69, 9.17) is 14.5 Å². The molecule has 2 amide bonds. The minimum atomic E-state index is -0.139. The van der Waals surface area contributed by atoms with Gasteiger partial charge in [0, 0.05) is 50.0 Å². The summed E-state index contributed by atoms with van der Waals surface area (Å²) in [4.78, 5) is 33.8. The zero-order chi connectivity index (χ0) is 27.1. The van der Waals surface area contributed by atoms with Gasteiger partial charge in [0.15, 0.2) is 17.2 Å². The fourth-order valence-electron chi connectivity index (χ4n) is 5.32. The van der Waals surface area contributed by atoms with Gasteiger partial charge in [-0.25, -0.2) is 4.98 Å². The minimum Gasteiger partial charge on any atom is -0.459 e. The quantitative estimate of drug-likeness (QED) is 0.321. The molecule has 1 fully saturated rings. The second-order valence-electron chi connectivity index (χ2n) is 9.81. The third-order valence-corrected chi connectivity index (χ3v) is 7.37. The Bertz CT molecular complexity index is 1830. The number of hydrogen-bond acceptors (Lipinski definition) is 7. The Kier molecular flexibility index (Phi) is 5.95. The van der Waals surface area contributed by atoms with Gasteiger partial charge in [0.05, 0.1) is 11.8 Å². The molecule has 4 aromatic heterocycles. The van der Waals surface area contributed by atoms with Crippen LogP contribution in [0.5, 0.6) is 0 Å². The highest BCUT2D eigenvalue weighted by Gasteiger charge is 2.26. The maximum atomic E-state index is 13.0. The lowest BCUT2D eigenvalue weighted by Crippen LogP contribution is -2.50. The van der Waals surface area contributed by atoms with Gasteiger partial charge in [-0.2, -0.15) is 4.52 Å². The van der Waals surface area contributed by atoms with Crippen molar-refractivity contribution in [2.45, 2.75) is 19.3 Å². The van der Waals surface area contributed by atoms with Crippen LogP contribution >= 0.6 is 0 Å². The van der Waals surface area contributed by atoms with E-state index in [-0.39, 0.29) is 11.8 Å². The molecule has 0 bridgehead atoms. The number of para-hydroxylation sites is 1. The normalized spacial score (nSPS) is 14.0. The Morgan fingerprint density at radius 3 is 2.42 bits per heavy atom. The average Bonchev–Trinajstić information content (AvgIpc) is 3.78. The molecule has 0 unspecified atom stereocenters. The number of carbonyl (C=O) groups is 2. The summed E-state index contributed by atoms with van der Waals surface area (Å²) in [7, 11) is 0. The molecule has 5 heterocycles. The monoisotopic (exact) mass is 534 g/mol. The van der Waals surface area contributed by atoms with E-state index in [0.29, 0.717) is 62.8 Å². The van der Waals surface area contributed by atoms with E-state index in [9.17, 15) is 9.59 Å². The Morgan fingerprint density at radius 2 is 1.62 bits per heavy atom. The van der Waals surface area contributed by atoms with E-state index in [2.05, 4.69) is 10.2 Å². The molecule has 0 aliphatic carbocycles. The van der Waals surface area contributed by atoms with E-state index in [1.807, 2.05) is 63.9 Å². The zero-order valence-electron chi connectivity index (χ0n) is 21.7. The molecule has 1 aliphatic heterocycles. The Morgan fingerprint density at radius 1 is 0.850 bits per heavy atom. The van der Waals surface area contributed by atoms with Crippen LogP contribution in [-0.2, 0) is 11.2 Å². The molecule has 40 heavy (non-hydrogen) atoms. The molecule has 11 heteroatoms. The fourth-order valence-corrected chi connectivity index (χ4v) is 5.32. The summed E-state index contributed by atoms with van der Waals surface area (Å²) in [6.45, 7) is 2.01. The number of hydrogen-bond donors (Lipinski definition) is 0. The van der Waals surface area contributed by atoms with E-state index in [1.165, 1.54) is 6.26 Å². The first-order chi connectivity index (χ1) is 19.7. The third-order valence-electron chi connectivity index (χ3n) is 7.37. The summed E-state index contributed by atoms with van der Waals surface area (Å²) in [5.41, 5.74) is 2.60. The summed E-state index contributed by atoms with van der Waals surface area (Å²) < 4.78 is 8.98. The lowest BCUT2D eigenvalue weighted by Gasteiger charge is -2.34. The SMILES string of the molecule is O=C(CCCc1nnc2n3nc(-c4ccccc4)nc3c3ccccc3n12)N1CCN(C(=O)c2ccco2)CC1. The van der Waals surface area contributed by atoms with Gasteiger partial charge in [-0.1, -0.05) is 42.5 Å². The van der Waals surface area contributed by atoms with Crippen LogP contribution in [0.25, 0.3) is 33.7 Å². The van der Waals surface area contributed by atoms with Gasteiger partial charge in [-0.3, -0.25) is 14.0 Å². The van der Waals surface area contributed by atoms with Gasteiger partial charge in [0.1, 0.15) is 5.82 Å². The molecule has 2 aromatic carbocycles. The van der Waals surface area contributed by atoms with Gasteiger partial charge in [0.2, 0.25) is 5.91 Å². The number of aryl methyl sites for hydroxylation is 1. The standard InChI is InChI=1S/C29H26N8O3/c38-25(34-15-17-35(18-16-34)28(39)23-12-7-19-40-23)14-6-13-24-31-32-29-36(24)22-11-5-4-10-21(22)27-30-26(33-37(27)29)20-8-2-1-3-9-20/h1-5,7-12,19H,6,13-18H2. The molecule has 0 atom stereocenters. The molecule has 200 valence electrons. The van der Waals surface area contributed by atoms with E-state index in [1.54, 1.807) is 21.5 Å². The summed E-state index contributed by atoms with van der Waals surface area (Å²) in [6, 6.07) is 21.2. The number of carbonyl (C=O) groups excluding carboxylic acids is 2. The lowest BCUT2D eigenvalue weighted by atomic mass is 10.2. The molecule has 0 radical (unpaired) electrons. The topological polar surface area (TPSA) is 114 Å². The number of rotatable bonds is 6. The van der Waals surface area contributed by atoms with Crippen LogP contribution in [0.4, 0.5) is 0 Å². The number of furan rings is 1. The van der Waals surface area contributed by atoms with Crippen LogP contribution in [0.15, 0.2) is 77.4 Å². The van der Waals surface area contributed by atoms with Crippen LogP contribution in [0, 0.1) is 0 Å². The largest absolute Gasteiger partial charge is 0.459 e. The first kappa shape index (κ1) is 24.0. The smallest absolute Gasteiger partial charge is 0.289 e. The Labute approximate surface area is 228 Å². The number of fused-ring (bicyclic) bond motifs is 6. The van der Waals surface area contributed by atoms with E-state index >= 15 is 0 Å². The second-order valence-corrected chi connectivity index (χ2v) is 9.81. The summed E-state index contributed by atoms with van der Waals surface area (Å²) in [5.74, 6) is 2.25. The first-order valence-corrected chi connectivity index (χ1v) is 13.3. The average molecular weight is 535 g/mol. The number of nitrogens with zero attached hydrogens (tertiary/aromatic N) is 8. The predicted octanol–water partition coefficient (Wildman–Crippen LogP) is 3.49. The lowest BCUT2D eigenvalue weighted by molar-refractivity contribution is -0.132. The van der Waals surface area contributed by atoms with Crippen molar-refractivity contribution in [2.24, 2.45) is 0 Å². The second kappa shape index (κ2) is 9.92. The Balaban J connectivity index is 1.08. The summed E-state index contributed by atoms with van der Waals surface area (Å²) in [6.07, 6.45) is 3.09. The van der Waals surface area contributed by atoms with Crippen molar-refractivity contribution in [3.05, 3.63) is 84.6 Å².